The lowest BCUT2D eigenvalue weighted by Gasteiger charge is -2.31. The Hall–Kier alpha value is -1.13. The Labute approximate surface area is 107 Å². The van der Waals surface area contributed by atoms with Crippen LogP contribution in [0, 0.1) is 0 Å². The summed E-state index contributed by atoms with van der Waals surface area (Å²) in [6, 6.07) is -0.857. The number of piperidine rings is 1. The van der Waals surface area contributed by atoms with Crippen LogP contribution in [-0.4, -0.2) is 43.4 Å². The van der Waals surface area contributed by atoms with E-state index >= 15 is 0 Å². The smallest absolute Gasteiger partial charge is 0.305 e. The van der Waals surface area contributed by atoms with Crippen LogP contribution in [0.3, 0.4) is 0 Å². The van der Waals surface area contributed by atoms with Crippen LogP contribution < -0.4 is 10.0 Å². The van der Waals surface area contributed by atoms with Gasteiger partial charge in [0.1, 0.15) is 6.04 Å². The summed E-state index contributed by atoms with van der Waals surface area (Å²) in [6.07, 6.45) is -3.04. The van der Waals surface area contributed by atoms with Gasteiger partial charge in [-0.1, -0.05) is 0 Å². The van der Waals surface area contributed by atoms with Gasteiger partial charge in [-0.25, -0.2) is 13.1 Å². The maximum Gasteiger partial charge on any atom is 0.403 e. The highest BCUT2D eigenvalue weighted by molar-refractivity contribution is 7.89. The molecule has 108 valence electrons. The molecule has 1 aliphatic rings. The van der Waals surface area contributed by atoms with Crippen LogP contribution in [-0.2, 0) is 10.0 Å². The molecule has 2 unspecified atom stereocenters. The van der Waals surface area contributed by atoms with Crippen molar-refractivity contribution in [3.8, 4) is 0 Å². The van der Waals surface area contributed by atoms with E-state index in [2.05, 4.69) is 20.2 Å². The molecule has 1 aromatic heterocycles. The zero-order valence-electron chi connectivity index (χ0n) is 9.74. The molecule has 0 radical (unpaired) electrons. The standard InChI is InChI=1S/C9H13F3N4O2S/c10-9(11,12)7-2-1-6(5-13-7)16-19(17,18)8-3-4-14-15-8/h3-4,6-7,13,16H,1-2,5H2,(H,14,15). The molecule has 0 bridgehead atoms. The van der Waals surface area contributed by atoms with Crippen molar-refractivity contribution in [2.45, 2.75) is 36.1 Å². The monoisotopic (exact) mass is 298 g/mol. The van der Waals surface area contributed by atoms with Gasteiger partial charge in [0.25, 0.3) is 10.0 Å². The zero-order valence-corrected chi connectivity index (χ0v) is 10.6. The summed E-state index contributed by atoms with van der Waals surface area (Å²) in [4.78, 5) is 0. The Balaban J connectivity index is 1.93. The minimum absolute atomic E-state index is 0.0580. The molecule has 2 atom stereocenters. The summed E-state index contributed by atoms with van der Waals surface area (Å²) in [5.74, 6) is 0. The van der Waals surface area contributed by atoms with Crippen LogP contribution in [0.5, 0.6) is 0 Å². The molecule has 0 spiro atoms. The number of H-pyrrole nitrogens is 1. The Morgan fingerprint density at radius 1 is 1.37 bits per heavy atom. The first-order valence-electron chi connectivity index (χ1n) is 5.61. The fraction of sp³-hybridized carbons (Fsp3) is 0.667. The molecule has 19 heavy (non-hydrogen) atoms. The van der Waals surface area contributed by atoms with Crippen LogP contribution in [0.15, 0.2) is 17.3 Å². The van der Waals surface area contributed by atoms with E-state index in [0.29, 0.717) is 0 Å². The van der Waals surface area contributed by atoms with Gasteiger partial charge in [-0.2, -0.15) is 18.3 Å². The van der Waals surface area contributed by atoms with E-state index in [1.165, 1.54) is 12.3 Å². The average Bonchev–Trinajstić information content (AvgIpc) is 2.82. The summed E-state index contributed by atoms with van der Waals surface area (Å²) in [5.41, 5.74) is 0. The molecule has 2 rings (SSSR count). The predicted molar refractivity (Wildman–Crippen MR) is 59.8 cm³/mol. The molecule has 1 aromatic rings. The molecule has 0 aromatic carbocycles. The van der Waals surface area contributed by atoms with Crippen LogP contribution >= 0.6 is 0 Å². The van der Waals surface area contributed by atoms with Crippen molar-refractivity contribution in [2.75, 3.05) is 6.54 Å². The number of sulfonamides is 1. The van der Waals surface area contributed by atoms with Gasteiger partial charge < -0.3 is 5.32 Å². The number of nitrogens with zero attached hydrogens (tertiary/aromatic N) is 1. The highest BCUT2D eigenvalue weighted by atomic mass is 32.2. The lowest BCUT2D eigenvalue weighted by atomic mass is 10.0. The van der Waals surface area contributed by atoms with Crippen molar-refractivity contribution in [3.05, 3.63) is 12.3 Å². The topological polar surface area (TPSA) is 86.9 Å². The van der Waals surface area contributed by atoms with E-state index in [0.717, 1.165) is 0 Å². The number of nitrogens with one attached hydrogen (secondary N) is 3. The Morgan fingerprint density at radius 2 is 2.11 bits per heavy atom. The Morgan fingerprint density at radius 3 is 2.58 bits per heavy atom. The third-order valence-electron chi connectivity index (χ3n) is 2.90. The number of rotatable bonds is 3. The molecule has 10 heteroatoms. The summed E-state index contributed by atoms with van der Waals surface area (Å²) in [7, 11) is -3.76. The number of alkyl halides is 3. The van der Waals surface area contributed by atoms with Crippen molar-refractivity contribution >= 4 is 10.0 Å². The first-order valence-corrected chi connectivity index (χ1v) is 7.09. The number of hydrogen-bond donors (Lipinski definition) is 3. The van der Waals surface area contributed by atoms with E-state index < -0.39 is 28.3 Å². The van der Waals surface area contributed by atoms with Crippen molar-refractivity contribution in [3.63, 3.8) is 0 Å². The summed E-state index contributed by atoms with van der Waals surface area (Å²) in [5, 5.41) is 8.01. The van der Waals surface area contributed by atoms with Gasteiger partial charge >= 0.3 is 6.18 Å². The molecule has 1 fully saturated rings. The Kier molecular flexibility index (Phi) is 3.83. The normalized spacial score (nSPS) is 25.4. The van der Waals surface area contributed by atoms with Gasteiger partial charge in [0, 0.05) is 12.6 Å². The van der Waals surface area contributed by atoms with Gasteiger partial charge in [-0.3, -0.25) is 5.10 Å². The van der Waals surface area contributed by atoms with Crippen LogP contribution in [0.2, 0.25) is 0 Å². The first kappa shape index (κ1) is 14.3. The van der Waals surface area contributed by atoms with Gasteiger partial charge in [0.15, 0.2) is 5.03 Å². The fourth-order valence-electron chi connectivity index (χ4n) is 1.91. The molecule has 2 heterocycles. The van der Waals surface area contributed by atoms with E-state index in [1.807, 2.05) is 0 Å². The van der Waals surface area contributed by atoms with Crippen LogP contribution in [0.1, 0.15) is 12.8 Å². The lowest BCUT2D eigenvalue weighted by Crippen LogP contribution is -2.54. The summed E-state index contributed by atoms with van der Waals surface area (Å²) in [6.45, 7) is -0.0580. The molecule has 0 amide bonds. The second-order valence-electron chi connectivity index (χ2n) is 4.32. The average molecular weight is 298 g/mol. The highest BCUT2D eigenvalue weighted by Gasteiger charge is 2.41. The van der Waals surface area contributed by atoms with E-state index in [1.54, 1.807) is 0 Å². The van der Waals surface area contributed by atoms with Crippen LogP contribution in [0.4, 0.5) is 13.2 Å². The molecule has 1 aliphatic heterocycles. The second-order valence-corrected chi connectivity index (χ2v) is 6.00. The van der Waals surface area contributed by atoms with Gasteiger partial charge in [0.05, 0.1) is 6.20 Å². The molecular formula is C9H13F3N4O2S. The first-order chi connectivity index (χ1) is 8.79. The molecule has 3 N–H and O–H groups in total. The maximum absolute atomic E-state index is 12.4. The maximum atomic E-state index is 12.4. The highest BCUT2D eigenvalue weighted by Crippen LogP contribution is 2.26. The molecular weight excluding hydrogens is 285 g/mol. The van der Waals surface area contributed by atoms with Gasteiger partial charge in [-0.05, 0) is 18.9 Å². The van der Waals surface area contributed by atoms with Crippen molar-refractivity contribution in [1.82, 2.24) is 20.2 Å². The molecule has 6 nitrogen and oxygen atoms in total. The number of hydrogen-bond acceptors (Lipinski definition) is 4. The summed E-state index contributed by atoms with van der Waals surface area (Å²) < 4.78 is 63.2. The second kappa shape index (κ2) is 5.10. The quantitative estimate of drug-likeness (QED) is 0.752. The predicted octanol–water partition coefficient (Wildman–Crippen LogP) is 0.371. The minimum Gasteiger partial charge on any atom is -0.305 e. The molecule has 1 saturated heterocycles. The lowest BCUT2D eigenvalue weighted by molar-refractivity contribution is -0.160. The van der Waals surface area contributed by atoms with Gasteiger partial charge in [-0.15, -0.1) is 0 Å². The Bertz CT molecular complexity index is 506. The minimum atomic E-state index is -4.30. The van der Waals surface area contributed by atoms with Crippen molar-refractivity contribution < 1.29 is 21.6 Å². The van der Waals surface area contributed by atoms with Crippen LogP contribution in [0.25, 0.3) is 0 Å². The van der Waals surface area contributed by atoms with Crippen molar-refractivity contribution in [1.29, 1.82) is 0 Å². The van der Waals surface area contributed by atoms with E-state index in [9.17, 15) is 21.6 Å². The number of aromatic nitrogens is 2. The van der Waals surface area contributed by atoms with E-state index in [-0.39, 0.29) is 24.4 Å². The van der Waals surface area contributed by atoms with Gasteiger partial charge in [0.2, 0.25) is 0 Å². The third kappa shape index (κ3) is 3.45. The molecule has 0 saturated carbocycles. The number of halogens is 3. The largest absolute Gasteiger partial charge is 0.403 e. The number of aromatic amines is 1. The third-order valence-corrected chi connectivity index (χ3v) is 4.35. The van der Waals surface area contributed by atoms with E-state index in [4.69, 9.17) is 0 Å². The fourth-order valence-corrected chi connectivity index (χ4v) is 3.09. The summed E-state index contributed by atoms with van der Waals surface area (Å²) >= 11 is 0. The SMILES string of the molecule is O=S(=O)(NC1CCC(C(F)(F)F)NC1)c1ccn[nH]1. The molecule has 0 aliphatic carbocycles. The van der Waals surface area contributed by atoms with Crippen molar-refractivity contribution in [2.24, 2.45) is 0 Å². The zero-order chi connectivity index (χ0) is 14.1.